The van der Waals surface area contributed by atoms with Crippen molar-refractivity contribution < 1.29 is 4.79 Å². The van der Waals surface area contributed by atoms with Crippen LogP contribution in [0.3, 0.4) is 0 Å². The molecule has 0 unspecified atom stereocenters. The zero-order valence-corrected chi connectivity index (χ0v) is 15.0. The summed E-state index contributed by atoms with van der Waals surface area (Å²) in [6.07, 6.45) is 1.70. The van der Waals surface area contributed by atoms with Crippen LogP contribution in [0.15, 0.2) is 42.6 Å². The Morgan fingerprint density at radius 3 is 2.64 bits per heavy atom. The van der Waals surface area contributed by atoms with Gasteiger partial charge in [-0.25, -0.2) is 0 Å². The molecule has 25 heavy (non-hydrogen) atoms. The standard InChI is InChI=1S/C20H26N4O/c1-3-23-10-12-24(13-11-23)20(25)19-14-18(8-9-21-19)22-15-17-7-5-4-6-16(17)2/h4-9,14H,3,10-13,15H2,1-2H3,(H,21,22). The van der Waals surface area contributed by atoms with Crippen molar-refractivity contribution in [3.8, 4) is 0 Å². The third-order valence-electron chi connectivity index (χ3n) is 4.83. The van der Waals surface area contributed by atoms with Gasteiger partial charge in [-0.2, -0.15) is 0 Å². The fourth-order valence-corrected chi connectivity index (χ4v) is 3.09. The predicted octanol–water partition coefficient (Wildman–Crippen LogP) is 2.78. The van der Waals surface area contributed by atoms with Crippen LogP contribution >= 0.6 is 0 Å². The Morgan fingerprint density at radius 1 is 1.16 bits per heavy atom. The van der Waals surface area contributed by atoms with Crippen LogP contribution < -0.4 is 5.32 Å². The van der Waals surface area contributed by atoms with Gasteiger partial charge in [-0.3, -0.25) is 9.78 Å². The van der Waals surface area contributed by atoms with Crippen LogP contribution in [0.5, 0.6) is 0 Å². The van der Waals surface area contributed by atoms with Crippen LogP contribution in [0, 0.1) is 6.92 Å². The van der Waals surface area contributed by atoms with E-state index >= 15 is 0 Å². The van der Waals surface area contributed by atoms with Crippen molar-refractivity contribution in [3.63, 3.8) is 0 Å². The van der Waals surface area contributed by atoms with Crippen molar-refractivity contribution in [3.05, 3.63) is 59.4 Å². The zero-order valence-electron chi connectivity index (χ0n) is 15.0. The Kier molecular flexibility index (Phi) is 5.66. The maximum Gasteiger partial charge on any atom is 0.272 e. The van der Waals surface area contributed by atoms with Crippen LogP contribution in [0.25, 0.3) is 0 Å². The number of carbonyl (C=O) groups is 1. The molecule has 5 nitrogen and oxygen atoms in total. The largest absolute Gasteiger partial charge is 0.381 e. The fourth-order valence-electron chi connectivity index (χ4n) is 3.09. The van der Waals surface area contributed by atoms with Crippen molar-refractivity contribution in [2.45, 2.75) is 20.4 Å². The zero-order chi connectivity index (χ0) is 17.6. The molecule has 1 N–H and O–H groups in total. The van der Waals surface area contributed by atoms with Crippen LogP contribution in [-0.4, -0.2) is 53.4 Å². The minimum Gasteiger partial charge on any atom is -0.381 e. The number of anilines is 1. The van der Waals surface area contributed by atoms with Gasteiger partial charge < -0.3 is 15.1 Å². The first-order valence-electron chi connectivity index (χ1n) is 8.93. The summed E-state index contributed by atoms with van der Waals surface area (Å²) in [7, 11) is 0. The molecule has 2 aromatic rings. The Bertz CT molecular complexity index is 723. The topological polar surface area (TPSA) is 48.5 Å². The van der Waals surface area contributed by atoms with Gasteiger partial charge in [0.1, 0.15) is 5.69 Å². The molecular weight excluding hydrogens is 312 g/mol. The van der Waals surface area contributed by atoms with Gasteiger partial charge in [0.05, 0.1) is 0 Å². The SMILES string of the molecule is CCN1CCN(C(=O)c2cc(NCc3ccccc3C)ccn2)CC1. The maximum absolute atomic E-state index is 12.7. The number of hydrogen-bond acceptors (Lipinski definition) is 4. The van der Waals surface area contributed by atoms with E-state index in [1.54, 1.807) is 6.20 Å². The molecule has 1 aromatic heterocycles. The number of aryl methyl sites for hydroxylation is 1. The lowest BCUT2D eigenvalue weighted by Gasteiger charge is -2.33. The summed E-state index contributed by atoms with van der Waals surface area (Å²) in [5.74, 6) is 0.0234. The van der Waals surface area contributed by atoms with E-state index in [0.717, 1.165) is 45.0 Å². The lowest BCUT2D eigenvalue weighted by atomic mass is 10.1. The molecule has 0 bridgehead atoms. The van der Waals surface area contributed by atoms with Gasteiger partial charge in [0.2, 0.25) is 0 Å². The Morgan fingerprint density at radius 2 is 1.92 bits per heavy atom. The molecule has 1 aliphatic rings. The van der Waals surface area contributed by atoms with E-state index in [-0.39, 0.29) is 5.91 Å². The van der Waals surface area contributed by atoms with Crippen molar-refractivity contribution in [1.82, 2.24) is 14.8 Å². The number of carbonyl (C=O) groups excluding carboxylic acids is 1. The molecule has 1 saturated heterocycles. The number of nitrogens with zero attached hydrogens (tertiary/aromatic N) is 3. The van der Waals surface area contributed by atoms with Crippen LogP contribution in [-0.2, 0) is 6.54 Å². The van der Waals surface area contributed by atoms with Gasteiger partial charge in [-0.15, -0.1) is 0 Å². The summed E-state index contributed by atoms with van der Waals surface area (Å²) < 4.78 is 0. The molecule has 2 heterocycles. The smallest absolute Gasteiger partial charge is 0.272 e. The second kappa shape index (κ2) is 8.12. The number of pyridine rings is 1. The Labute approximate surface area is 149 Å². The third kappa shape index (κ3) is 4.37. The minimum absolute atomic E-state index is 0.0234. The number of likely N-dealkylation sites (N-methyl/N-ethyl adjacent to an activating group) is 1. The van der Waals surface area contributed by atoms with Crippen molar-refractivity contribution in [2.75, 3.05) is 38.0 Å². The van der Waals surface area contributed by atoms with E-state index in [1.165, 1.54) is 11.1 Å². The summed E-state index contributed by atoms with van der Waals surface area (Å²) in [6.45, 7) is 9.46. The number of piperazine rings is 1. The molecule has 1 fully saturated rings. The molecule has 0 aliphatic carbocycles. The van der Waals surface area contributed by atoms with Gasteiger partial charge in [0.15, 0.2) is 0 Å². The maximum atomic E-state index is 12.7. The monoisotopic (exact) mass is 338 g/mol. The average molecular weight is 338 g/mol. The van der Waals surface area contributed by atoms with Crippen molar-refractivity contribution in [1.29, 1.82) is 0 Å². The second-order valence-corrected chi connectivity index (χ2v) is 6.44. The number of nitrogens with one attached hydrogen (secondary N) is 1. The lowest BCUT2D eigenvalue weighted by molar-refractivity contribution is 0.0637. The third-order valence-corrected chi connectivity index (χ3v) is 4.83. The number of amides is 1. The average Bonchev–Trinajstić information content (AvgIpc) is 2.67. The molecular formula is C20H26N4O. The van der Waals surface area contributed by atoms with E-state index in [9.17, 15) is 4.79 Å². The van der Waals surface area contributed by atoms with Gasteiger partial charge >= 0.3 is 0 Å². The van der Waals surface area contributed by atoms with E-state index in [2.05, 4.69) is 41.2 Å². The predicted molar refractivity (Wildman–Crippen MR) is 101 cm³/mol. The van der Waals surface area contributed by atoms with Crippen molar-refractivity contribution in [2.24, 2.45) is 0 Å². The summed E-state index contributed by atoms with van der Waals surface area (Å²) >= 11 is 0. The van der Waals surface area contributed by atoms with E-state index in [1.807, 2.05) is 29.2 Å². The molecule has 0 spiro atoms. The van der Waals surface area contributed by atoms with Gasteiger partial charge in [0.25, 0.3) is 5.91 Å². The normalized spacial score (nSPS) is 15.2. The highest BCUT2D eigenvalue weighted by atomic mass is 16.2. The fraction of sp³-hybridized carbons (Fsp3) is 0.400. The first kappa shape index (κ1) is 17.4. The molecule has 3 rings (SSSR count). The molecule has 0 saturated carbocycles. The van der Waals surface area contributed by atoms with E-state index in [4.69, 9.17) is 0 Å². The lowest BCUT2D eigenvalue weighted by Crippen LogP contribution is -2.48. The first-order valence-corrected chi connectivity index (χ1v) is 8.93. The van der Waals surface area contributed by atoms with Crippen LogP contribution in [0.1, 0.15) is 28.5 Å². The number of benzene rings is 1. The molecule has 1 aliphatic heterocycles. The summed E-state index contributed by atoms with van der Waals surface area (Å²) in [4.78, 5) is 21.2. The van der Waals surface area contributed by atoms with E-state index in [0.29, 0.717) is 5.69 Å². The quantitative estimate of drug-likeness (QED) is 0.911. The molecule has 1 amide bonds. The number of rotatable bonds is 5. The highest BCUT2D eigenvalue weighted by Crippen LogP contribution is 2.14. The highest BCUT2D eigenvalue weighted by molar-refractivity contribution is 5.93. The van der Waals surface area contributed by atoms with Crippen LogP contribution in [0.4, 0.5) is 5.69 Å². The highest BCUT2D eigenvalue weighted by Gasteiger charge is 2.22. The first-order chi connectivity index (χ1) is 12.2. The van der Waals surface area contributed by atoms with Gasteiger partial charge in [-0.05, 0) is 36.7 Å². The second-order valence-electron chi connectivity index (χ2n) is 6.44. The number of aromatic nitrogens is 1. The molecule has 0 atom stereocenters. The number of hydrogen-bond donors (Lipinski definition) is 1. The molecule has 0 radical (unpaired) electrons. The Balaban J connectivity index is 1.63. The van der Waals surface area contributed by atoms with Gasteiger partial charge in [0, 0.05) is 44.6 Å². The summed E-state index contributed by atoms with van der Waals surface area (Å²) in [6, 6.07) is 12.1. The van der Waals surface area contributed by atoms with Crippen LogP contribution in [0.2, 0.25) is 0 Å². The minimum atomic E-state index is 0.0234. The van der Waals surface area contributed by atoms with E-state index < -0.39 is 0 Å². The molecule has 132 valence electrons. The summed E-state index contributed by atoms with van der Waals surface area (Å²) in [5.41, 5.74) is 3.95. The molecule has 5 heteroatoms. The van der Waals surface area contributed by atoms with Crippen molar-refractivity contribution >= 4 is 11.6 Å². The summed E-state index contributed by atoms with van der Waals surface area (Å²) in [5, 5.41) is 3.40. The molecule has 1 aromatic carbocycles. The van der Waals surface area contributed by atoms with Gasteiger partial charge in [-0.1, -0.05) is 31.2 Å². The Hall–Kier alpha value is -2.40.